The van der Waals surface area contributed by atoms with Gasteiger partial charge in [-0.15, -0.1) is 0 Å². The molecule has 0 aromatic carbocycles. The van der Waals surface area contributed by atoms with Gasteiger partial charge in [0, 0.05) is 72.5 Å². The van der Waals surface area contributed by atoms with Crippen LogP contribution in [0.25, 0.3) is 0 Å². The summed E-state index contributed by atoms with van der Waals surface area (Å²) < 4.78 is 0. The quantitative estimate of drug-likeness (QED) is 0.271. The van der Waals surface area contributed by atoms with Gasteiger partial charge in [-0.1, -0.05) is 64.2 Å². The summed E-state index contributed by atoms with van der Waals surface area (Å²) in [7, 11) is 0. The van der Waals surface area contributed by atoms with Crippen LogP contribution in [0.5, 0.6) is 0 Å². The minimum absolute atomic E-state index is 0.929. The Bertz CT molecular complexity index is 1360. The predicted molar refractivity (Wildman–Crippen MR) is 191 cm³/mol. The van der Waals surface area contributed by atoms with Gasteiger partial charge >= 0.3 is 0 Å². The third-order valence-electron chi connectivity index (χ3n) is 22.6. The van der Waals surface area contributed by atoms with Gasteiger partial charge in [0.05, 0.1) is 0 Å². The molecule has 48 heavy (non-hydrogen) atoms. The molecule has 0 aromatic heterocycles. The molecule has 0 bridgehead atoms. The molecular weight excluding hydrogens is 582 g/mol. The van der Waals surface area contributed by atoms with E-state index in [1.54, 1.807) is 116 Å². The van der Waals surface area contributed by atoms with Crippen molar-refractivity contribution in [3.05, 3.63) is 0 Å². The smallest absolute Gasteiger partial charge is 0.157 e. The van der Waals surface area contributed by atoms with E-state index in [4.69, 9.17) is 0 Å². The van der Waals surface area contributed by atoms with Gasteiger partial charge in [0.1, 0.15) is 0 Å². The van der Waals surface area contributed by atoms with Crippen molar-refractivity contribution in [3.8, 4) is 0 Å². The van der Waals surface area contributed by atoms with E-state index < -0.39 is 0 Å². The van der Waals surface area contributed by atoms with Crippen molar-refractivity contribution in [1.82, 2.24) is 19.6 Å². The largest absolute Gasteiger partial charge is 0.292 e. The summed E-state index contributed by atoms with van der Waals surface area (Å²) in [5.74, 6) is 12.9. The van der Waals surface area contributed by atoms with Gasteiger partial charge in [-0.05, 0) is 122 Å². The second kappa shape index (κ2) is 8.51. The van der Waals surface area contributed by atoms with Crippen molar-refractivity contribution in [3.63, 3.8) is 0 Å². The van der Waals surface area contributed by atoms with Crippen LogP contribution in [0.2, 0.25) is 34.9 Å². The minimum Gasteiger partial charge on any atom is -0.292 e. The number of rotatable bonds is 0. The highest BCUT2D eigenvalue weighted by molar-refractivity contribution is 6.67. The summed E-state index contributed by atoms with van der Waals surface area (Å²) in [6, 6.07) is 11.5. The van der Waals surface area contributed by atoms with Gasteiger partial charge < -0.3 is 0 Å². The Morgan fingerprint density at radius 3 is 1.23 bits per heavy atom. The first-order valence-corrected chi connectivity index (χ1v) is 23.0. The van der Waals surface area contributed by atoms with E-state index in [-0.39, 0.29) is 0 Å². The third-order valence-corrected chi connectivity index (χ3v) is 22.6. The van der Waals surface area contributed by atoms with Crippen LogP contribution in [0.1, 0.15) is 116 Å². The number of hydrogen-bond donors (Lipinski definition) is 0. The molecule has 22 unspecified atom stereocenters. The lowest BCUT2D eigenvalue weighted by atomic mass is 9.14. The Kier molecular flexibility index (Phi) is 4.73. The van der Waals surface area contributed by atoms with E-state index >= 15 is 0 Å². The van der Waals surface area contributed by atoms with Crippen LogP contribution in [-0.2, 0) is 0 Å². The first-order valence-electron chi connectivity index (χ1n) is 23.0. The number of fused-ring (bicyclic) bond motifs is 11. The van der Waals surface area contributed by atoms with Gasteiger partial charge in [0.25, 0.3) is 0 Å². The molecule has 16 rings (SSSR count). The Balaban J connectivity index is 1.01. The zero-order chi connectivity index (χ0) is 30.0. The fourth-order valence-electron chi connectivity index (χ4n) is 23.0. The Morgan fingerprint density at radius 2 is 0.688 bits per heavy atom. The maximum Gasteiger partial charge on any atom is 0.157 e. The molecule has 9 heterocycles. The zero-order valence-corrected chi connectivity index (χ0v) is 29.5. The molecule has 7 saturated carbocycles. The second-order valence-electron chi connectivity index (χ2n) is 22.3. The monoisotopic (exact) mass is 643 g/mol. The number of piperazine rings is 2. The van der Waals surface area contributed by atoms with Crippen molar-refractivity contribution in [2.45, 2.75) is 223 Å². The van der Waals surface area contributed by atoms with Crippen molar-refractivity contribution in [1.29, 1.82) is 0 Å². The molecule has 16 fully saturated rings. The molecule has 7 aliphatic carbocycles. The molecular formula is C42H60B2N4. The molecule has 16 aliphatic rings. The van der Waals surface area contributed by atoms with Crippen LogP contribution in [0.15, 0.2) is 0 Å². The predicted octanol–water partition coefficient (Wildman–Crippen LogP) is 6.77. The summed E-state index contributed by atoms with van der Waals surface area (Å²) in [4.78, 5) is 14.4. The van der Waals surface area contributed by atoms with Crippen LogP contribution in [-0.4, -0.2) is 106 Å². The van der Waals surface area contributed by atoms with Gasteiger partial charge in [0.2, 0.25) is 0 Å². The van der Waals surface area contributed by atoms with Crippen LogP contribution in [0.4, 0.5) is 0 Å². The Labute approximate surface area is 290 Å². The van der Waals surface area contributed by atoms with Gasteiger partial charge in [-0.2, -0.15) is 0 Å². The van der Waals surface area contributed by atoms with E-state index in [0.717, 1.165) is 156 Å². The molecule has 0 amide bonds. The molecule has 0 radical (unpaired) electrons. The highest BCUT2D eigenvalue weighted by Gasteiger charge is 2.85. The van der Waals surface area contributed by atoms with Gasteiger partial charge in [0.15, 0.2) is 13.4 Å². The summed E-state index contributed by atoms with van der Waals surface area (Å²) in [5.41, 5.74) is 0. The fourth-order valence-corrected chi connectivity index (χ4v) is 23.0. The molecule has 0 spiro atoms. The van der Waals surface area contributed by atoms with E-state index in [1.165, 1.54) is 0 Å². The Morgan fingerprint density at radius 1 is 0.271 bits per heavy atom. The SMILES string of the molecule is C1CCC2C(C1)B1C3CCCCC3N3C4CCCC5C6CCC7C8CCC9C%10CCCC%11C%10N%10C9C8B8C7C6N(C54)C4C8C%10C(C1C43)N2%11. The highest BCUT2D eigenvalue weighted by Crippen LogP contribution is 2.80. The van der Waals surface area contributed by atoms with Crippen LogP contribution >= 0.6 is 0 Å². The minimum atomic E-state index is 0.929. The molecule has 0 aromatic rings. The maximum absolute atomic E-state index is 3.63. The first-order chi connectivity index (χ1) is 23.9. The average Bonchev–Trinajstić information content (AvgIpc) is 3.78. The van der Waals surface area contributed by atoms with Gasteiger partial charge in [-0.25, -0.2) is 0 Å². The molecule has 9 aliphatic heterocycles. The molecule has 4 nitrogen and oxygen atoms in total. The lowest BCUT2D eigenvalue weighted by molar-refractivity contribution is -0.197. The molecule has 0 N–H and O–H groups in total. The van der Waals surface area contributed by atoms with Crippen molar-refractivity contribution in [2.24, 2.45) is 35.5 Å². The topological polar surface area (TPSA) is 13.0 Å². The number of nitrogens with zero attached hydrogens (tertiary/aromatic N) is 4. The average molecular weight is 643 g/mol. The van der Waals surface area contributed by atoms with E-state index in [2.05, 4.69) is 19.6 Å². The van der Waals surface area contributed by atoms with E-state index in [0.29, 0.717) is 0 Å². The van der Waals surface area contributed by atoms with Crippen LogP contribution < -0.4 is 0 Å². The highest BCUT2D eigenvalue weighted by atomic mass is 15.5. The standard InChI is InChI=1S/C42H60B2N4/c1-3-11-27-25(9-1)43-26-10-2-4-12-28(26)46-30-14-6-8-22-24-18-16-20-19-15-17-23-21-7-5-13-29-35(21)47-37(23)31(19)44-32(20)38(24)48(36(22)30)42-34(44)41(47)39(45(27)29)33(43)40(42)46/h19-42H,1-18H2. The number of hydrogen-bond acceptors (Lipinski definition) is 4. The summed E-state index contributed by atoms with van der Waals surface area (Å²) >= 11 is 0. The third kappa shape index (κ3) is 2.52. The van der Waals surface area contributed by atoms with Crippen molar-refractivity contribution < 1.29 is 0 Å². The lowest BCUT2D eigenvalue weighted by Gasteiger charge is -2.81. The second-order valence-corrected chi connectivity index (χ2v) is 22.3. The molecule has 6 heteroatoms. The zero-order valence-electron chi connectivity index (χ0n) is 29.5. The molecule has 9 saturated heterocycles. The fraction of sp³-hybridized carbons (Fsp3) is 1.00. The normalized spacial score (nSPS) is 69.0. The van der Waals surface area contributed by atoms with Crippen molar-refractivity contribution in [2.75, 3.05) is 0 Å². The first kappa shape index (κ1) is 26.7. The molecule has 22 atom stereocenters. The maximum atomic E-state index is 3.63. The summed E-state index contributed by atoms with van der Waals surface area (Å²) in [5, 5.41) is 0. The van der Waals surface area contributed by atoms with Crippen LogP contribution in [0.3, 0.4) is 0 Å². The summed E-state index contributed by atoms with van der Waals surface area (Å²) in [6.45, 7) is 2.19. The lowest BCUT2D eigenvalue weighted by Crippen LogP contribution is -2.90. The Hall–Kier alpha value is -0.0301. The van der Waals surface area contributed by atoms with Crippen LogP contribution in [0, 0.1) is 35.5 Å². The summed E-state index contributed by atoms with van der Waals surface area (Å²) in [6.07, 6.45) is 28.7. The van der Waals surface area contributed by atoms with E-state index in [9.17, 15) is 0 Å². The molecule has 254 valence electrons. The van der Waals surface area contributed by atoms with Crippen molar-refractivity contribution >= 4 is 13.4 Å². The van der Waals surface area contributed by atoms with E-state index in [1.807, 2.05) is 0 Å². The van der Waals surface area contributed by atoms with Gasteiger partial charge in [-0.3, -0.25) is 19.6 Å².